The van der Waals surface area contributed by atoms with Gasteiger partial charge in [-0.05, 0) is 0 Å². The number of aryl methyl sites for hydroxylation is 1. The fourth-order valence-corrected chi connectivity index (χ4v) is 2.94. The lowest BCUT2D eigenvalue weighted by Gasteiger charge is -2.21. The van der Waals surface area contributed by atoms with Crippen LogP contribution in [0.1, 0.15) is 16.3 Å². The van der Waals surface area contributed by atoms with Crippen LogP contribution in [0.25, 0.3) is 0 Å². The van der Waals surface area contributed by atoms with Crippen LogP contribution < -0.4 is 10.1 Å². The zero-order chi connectivity index (χ0) is 16.5. The number of ether oxygens (including phenoxy) is 3. The molecule has 2 atom stereocenters. The quantitative estimate of drug-likeness (QED) is 0.827. The zero-order valence-corrected chi connectivity index (χ0v) is 13.3. The molecule has 1 saturated heterocycles. The van der Waals surface area contributed by atoms with E-state index in [9.17, 15) is 4.79 Å². The Morgan fingerprint density at radius 3 is 3.12 bits per heavy atom. The highest BCUT2D eigenvalue weighted by Crippen LogP contribution is 2.17. The van der Waals surface area contributed by atoms with E-state index in [4.69, 9.17) is 14.2 Å². The molecule has 0 aliphatic carbocycles. The molecule has 0 unspecified atom stereocenters. The second-order valence-corrected chi connectivity index (χ2v) is 5.89. The molecular formula is C15H19N5O4. The van der Waals surface area contributed by atoms with Gasteiger partial charge in [0, 0.05) is 13.6 Å². The normalized spacial score (nSPS) is 23.0. The zero-order valence-electron chi connectivity index (χ0n) is 13.3. The van der Waals surface area contributed by atoms with Gasteiger partial charge in [-0.3, -0.25) is 9.48 Å². The largest absolute Gasteiger partial charge is 0.482 e. The topological polar surface area (TPSA) is 92.4 Å². The summed E-state index contributed by atoms with van der Waals surface area (Å²) in [4.78, 5) is 16.8. The maximum absolute atomic E-state index is 12.6. The predicted molar refractivity (Wildman–Crippen MR) is 81.6 cm³/mol. The van der Waals surface area contributed by atoms with Gasteiger partial charge in [0.05, 0.1) is 44.5 Å². The minimum Gasteiger partial charge on any atom is -0.482 e. The van der Waals surface area contributed by atoms with Gasteiger partial charge in [0.2, 0.25) is 0 Å². The van der Waals surface area contributed by atoms with E-state index in [0.29, 0.717) is 44.4 Å². The van der Waals surface area contributed by atoms with E-state index in [1.165, 1.54) is 0 Å². The number of aromatic nitrogens is 4. The monoisotopic (exact) mass is 333 g/mol. The Bertz CT molecular complexity index is 740. The minimum atomic E-state index is -0.245. The fraction of sp³-hybridized carbons (Fsp3) is 0.533. The molecule has 1 amide bonds. The summed E-state index contributed by atoms with van der Waals surface area (Å²) in [5.41, 5.74) is 0.542. The Kier molecular flexibility index (Phi) is 3.95. The summed E-state index contributed by atoms with van der Waals surface area (Å²) in [6.45, 7) is 2.50. The molecule has 0 saturated carbocycles. The molecule has 128 valence electrons. The molecule has 0 spiro atoms. The molecule has 1 fully saturated rings. The highest BCUT2D eigenvalue weighted by Gasteiger charge is 2.33. The van der Waals surface area contributed by atoms with Crippen molar-refractivity contribution in [1.29, 1.82) is 0 Å². The molecule has 0 bridgehead atoms. The summed E-state index contributed by atoms with van der Waals surface area (Å²) >= 11 is 0. The second-order valence-electron chi connectivity index (χ2n) is 5.89. The third kappa shape index (κ3) is 2.87. The van der Waals surface area contributed by atoms with E-state index in [2.05, 4.69) is 15.4 Å². The van der Waals surface area contributed by atoms with E-state index < -0.39 is 0 Å². The van der Waals surface area contributed by atoms with Gasteiger partial charge < -0.3 is 24.1 Å². The average molecular weight is 333 g/mol. The minimum absolute atomic E-state index is 0.175. The van der Waals surface area contributed by atoms with E-state index in [1.807, 2.05) is 11.6 Å². The van der Waals surface area contributed by atoms with Crippen molar-refractivity contribution in [2.45, 2.75) is 25.3 Å². The number of imidazole rings is 1. The van der Waals surface area contributed by atoms with Crippen molar-refractivity contribution in [2.75, 3.05) is 19.8 Å². The summed E-state index contributed by atoms with van der Waals surface area (Å²) in [5.74, 6) is 1.26. The number of rotatable bonds is 4. The number of hydrogen-bond donors (Lipinski definition) is 1. The third-order valence-corrected chi connectivity index (χ3v) is 4.17. The molecule has 24 heavy (non-hydrogen) atoms. The molecule has 2 aliphatic rings. The third-order valence-electron chi connectivity index (χ3n) is 4.17. The van der Waals surface area contributed by atoms with Gasteiger partial charge in [0.15, 0.2) is 5.75 Å². The van der Waals surface area contributed by atoms with Crippen molar-refractivity contribution in [3.05, 3.63) is 30.1 Å². The van der Waals surface area contributed by atoms with Gasteiger partial charge in [-0.2, -0.15) is 5.10 Å². The first-order valence-electron chi connectivity index (χ1n) is 7.87. The second kappa shape index (κ2) is 6.25. The van der Waals surface area contributed by atoms with Crippen molar-refractivity contribution in [3.8, 4) is 5.75 Å². The predicted octanol–water partition coefficient (Wildman–Crippen LogP) is -0.277. The Morgan fingerprint density at radius 2 is 2.29 bits per heavy atom. The maximum atomic E-state index is 12.6. The van der Waals surface area contributed by atoms with Crippen molar-refractivity contribution >= 4 is 5.91 Å². The first-order valence-corrected chi connectivity index (χ1v) is 7.87. The summed E-state index contributed by atoms with van der Waals surface area (Å²) < 4.78 is 20.2. The van der Waals surface area contributed by atoms with Gasteiger partial charge in [-0.25, -0.2) is 4.98 Å². The summed E-state index contributed by atoms with van der Waals surface area (Å²) in [7, 11) is 1.82. The molecule has 9 heteroatoms. The van der Waals surface area contributed by atoms with Crippen LogP contribution in [0, 0.1) is 0 Å². The summed E-state index contributed by atoms with van der Waals surface area (Å²) in [6.07, 6.45) is 4.77. The van der Waals surface area contributed by atoms with Crippen LogP contribution in [0.5, 0.6) is 5.75 Å². The van der Waals surface area contributed by atoms with Gasteiger partial charge in [-0.1, -0.05) is 0 Å². The molecule has 9 nitrogen and oxygen atoms in total. The maximum Gasteiger partial charge on any atom is 0.269 e. The van der Waals surface area contributed by atoms with Crippen molar-refractivity contribution < 1.29 is 19.0 Å². The SMILES string of the molecule is Cn1cc(O[C@@H]2COC[C@@H]2NC(=O)c2cnc3n2CCOC3)cn1. The van der Waals surface area contributed by atoms with Gasteiger partial charge >= 0.3 is 0 Å². The molecule has 2 aliphatic heterocycles. The van der Waals surface area contributed by atoms with Crippen molar-refractivity contribution in [3.63, 3.8) is 0 Å². The molecule has 0 radical (unpaired) electrons. The average Bonchev–Trinajstić information content (AvgIpc) is 3.28. The van der Waals surface area contributed by atoms with Crippen LogP contribution in [-0.2, 0) is 29.7 Å². The van der Waals surface area contributed by atoms with E-state index in [1.54, 1.807) is 23.3 Å². The molecule has 2 aromatic rings. The smallest absolute Gasteiger partial charge is 0.269 e. The molecule has 4 heterocycles. The number of nitrogens with one attached hydrogen (secondary N) is 1. The number of carbonyl (C=O) groups is 1. The van der Waals surface area contributed by atoms with Crippen molar-refractivity contribution in [2.24, 2.45) is 7.05 Å². The molecular weight excluding hydrogens is 314 g/mol. The van der Waals surface area contributed by atoms with E-state index in [0.717, 1.165) is 5.82 Å². The van der Waals surface area contributed by atoms with Crippen LogP contribution >= 0.6 is 0 Å². The molecule has 0 aromatic carbocycles. The Balaban J connectivity index is 1.44. The number of fused-ring (bicyclic) bond motifs is 1. The van der Waals surface area contributed by atoms with Crippen LogP contribution in [0.2, 0.25) is 0 Å². The first kappa shape index (κ1) is 15.2. The highest BCUT2D eigenvalue weighted by atomic mass is 16.5. The lowest BCUT2D eigenvalue weighted by molar-refractivity contribution is 0.0767. The standard InChI is InChI=1S/C15H19N5O4/c1-19-6-10(4-17-19)24-13-8-23-7-11(13)18-15(21)12-5-16-14-9-22-3-2-20(12)14/h4-6,11,13H,2-3,7-9H2,1H3,(H,18,21)/t11-,13+/m0/s1. The van der Waals surface area contributed by atoms with Gasteiger partial charge in [0.1, 0.15) is 24.2 Å². The number of amides is 1. The Hall–Kier alpha value is -2.39. The van der Waals surface area contributed by atoms with Gasteiger partial charge in [-0.15, -0.1) is 0 Å². The number of carbonyl (C=O) groups excluding carboxylic acids is 1. The Labute approximate surface area is 138 Å². The molecule has 4 rings (SSSR count). The van der Waals surface area contributed by atoms with Crippen LogP contribution in [0.15, 0.2) is 18.6 Å². The van der Waals surface area contributed by atoms with Crippen molar-refractivity contribution in [1.82, 2.24) is 24.6 Å². The number of hydrogen-bond acceptors (Lipinski definition) is 6. The lowest BCUT2D eigenvalue weighted by atomic mass is 10.2. The summed E-state index contributed by atoms with van der Waals surface area (Å²) in [6, 6.07) is -0.219. The van der Waals surface area contributed by atoms with E-state index >= 15 is 0 Å². The number of nitrogens with zero attached hydrogens (tertiary/aromatic N) is 4. The van der Waals surface area contributed by atoms with Crippen LogP contribution in [0.3, 0.4) is 0 Å². The summed E-state index contributed by atoms with van der Waals surface area (Å²) in [5, 5.41) is 7.06. The fourth-order valence-electron chi connectivity index (χ4n) is 2.94. The highest BCUT2D eigenvalue weighted by molar-refractivity contribution is 5.92. The van der Waals surface area contributed by atoms with E-state index in [-0.39, 0.29) is 18.1 Å². The first-order chi connectivity index (χ1) is 11.7. The molecule has 1 N–H and O–H groups in total. The Morgan fingerprint density at radius 1 is 1.38 bits per heavy atom. The van der Waals surface area contributed by atoms with Crippen LogP contribution in [0.4, 0.5) is 0 Å². The van der Waals surface area contributed by atoms with Crippen LogP contribution in [-0.4, -0.2) is 57.2 Å². The molecule has 2 aromatic heterocycles. The lowest BCUT2D eigenvalue weighted by Crippen LogP contribution is -2.45. The van der Waals surface area contributed by atoms with Gasteiger partial charge in [0.25, 0.3) is 5.91 Å².